The maximum atomic E-state index is 6.13. The summed E-state index contributed by atoms with van der Waals surface area (Å²) in [5.74, 6) is 2.59. The maximum absolute atomic E-state index is 6.13. The van der Waals surface area contributed by atoms with E-state index in [2.05, 4.69) is 22.1 Å². The van der Waals surface area contributed by atoms with Crippen molar-refractivity contribution < 1.29 is 9.47 Å². The molecule has 0 aromatic carbocycles. The van der Waals surface area contributed by atoms with Gasteiger partial charge in [0.25, 0.3) is 0 Å². The molecule has 2 bridgehead atoms. The minimum absolute atomic E-state index is 0.365. The van der Waals surface area contributed by atoms with Crippen LogP contribution in [0.25, 0.3) is 0 Å². The van der Waals surface area contributed by atoms with Gasteiger partial charge in [-0.3, -0.25) is 4.99 Å². The fraction of sp³-hybridized carbons (Fsp3) is 0.950. The lowest BCUT2D eigenvalue weighted by molar-refractivity contribution is -0.126. The Morgan fingerprint density at radius 2 is 1.88 bits per heavy atom. The number of nitrogens with one attached hydrogen (secondary N) is 1. The van der Waals surface area contributed by atoms with E-state index in [0.717, 1.165) is 43.9 Å². The summed E-state index contributed by atoms with van der Waals surface area (Å²) >= 11 is 0. The van der Waals surface area contributed by atoms with Crippen LogP contribution in [0.15, 0.2) is 4.99 Å². The largest absolute Gasteiger partial charge is 0.378 e. The Labute approximate surface area is 151 Å². The first-order chi connectivity index (χ1) is 12.2. The van der Waals surface area contributed by atoms with Gasteiger partial charge in [-0.2, -0.15) is 0 Å². The summed E-state index contributed by atoms with van der Waals surface area (Å²) in [6.45, 7) is 5.22. The molecule has 140 valence electrons. The number of fused-ring (bicyclic) bond motifs is 5. The van der Waals surface area contributed by atoms with Gasteiger partial charge in [0.05, 0.1) is 18.3 Å². The van der Waals surface area contributed by atoms with Gasteiger partial charge in [-0.25, -0.2) is 0 Å². The maximum Gasteiger partial charge on any atom is 0.193 e. The molecule has 5 rings (SSSR count). The molecule has 1 spiro atoms. The molecule has 2 saturated carbocycles. The monoisotopic (exact) mass is 347 g/mol. The van der Waals surface area contributed by atoms with Crippen LogP contribution in [0.4, 0.5) is 0 Å². The van der Waals surface area contributed by atoms with E-state index in [9.17, 15) is 0 Å². The van der Waals surface area contributed by atoms with E-state index in [-0.39, 0.29) is 0 Å². The summed E-state index contributed by atoms with van der Waals surface area (Å²) in [6, 6.07) is 0.540. The average Bonchev–Trinajstić information content (AvgIpc) is 3.38. The number of likely N-dealkylation sites (tertiary alicyclic amines) is 1. The summed E-state index contributed by atoms with van der Waals surface area (Å²) in [4.78, 5) is 7.18. The summed E-state index contributed by atoms with van der Waals surface area (Å²) in [6.07, 6.45) is 10.5. The van der Waals surface area contributed by atoms with Gasteiger partial charge in [-0.1, -0.05) is 12.8 Å². The summed E-state index contributed by atoms with van der Waals surface area (Å²) in [5.41, 5.74) is 0.365. The zero-order valence-electron chi connectivity index (χ0n) is 15.7. The standard InChI is InChI=1S/C20H33N3O2/c1-3-24-18-10-17(20(18)8-4-5-9-20)22-19(21-2)23-11-13-14(12-23)16-7-6-15(13)25-16/h13-18H,3-12H2,1-2H3,(H,21,22). The second kappa shape index (κ2) is 6.12. The Morgan fingerprint density at radius 1 is 1.20 bits per heavy atom. The molecule has 0 amide bonds. The highest BCUT2D eigenvalue weighted by molar-refractivity contribution is 5.81. The SMILES string of the molecule is CCOC1CC(NC(=NC)N2CC3C4CCC(O4)C3C2)C12CCCC2. The molecule has 25 heavy (non-hydrogen) atoms. The second-order valence-electron chi connectivity index (χ2n) is 8.89. The van der Waals surface area contributed by atoms with Crippen LogP contribution in [0.5, 0.6) is 0 Å². The highest BCUT2D eigenvalue weighted by atomic mass is 16.5. The first kappa shape index (κ1) is 16.4. The number of ether oxygens (including phenoxy) is 2. The smallest absolute Gasteiger partial charge is 0.193 e. The average molecular weight is 348 g/mol. The van der Waals surface area contributed by atoms with Crippen LogP contribution in [-0.4, -0.2) is 62.0 Å². The van der Waals surface area contributed by atoms with Crippen molar-refractivity contribution in [3.63, 3.8) is 0 Å². The Morgan fingerprint density at radius 3 is 2.48 bits per heavy atom. The summed E-state index contributed by atoms with van der Waals surface area (Å²) in [5, 5.41) is 3.86. The first-order valence-corrected chi connectivity index (χ1v) is 10.5. The van der Waals surface area contributed by atoms with Gasteiger partial charge in [0.2, 0.25) is 0 Å². The van der Waals surface area contributed by atoms with Crippen LogP contribution >= 0.6 is 0 Å². The van der Waals surface area contributed by atoms with Crippen LogP contribution < -0.4 is 5.32 Å². The third-order valence-electron chi connectivity index (χ3n) is 7.95. The molecule has 1 N–H and O–H groups in total. The van der Waals surface area contributed by atoms with Crippen molar-refractivity contribution in [2.75, 3.05) is 26.7 Å². The minimum Gasteiger partial charge on any atom is -0.378 e. The van der Waals surface area contributed by atoms with Gasteiger partial charge < -0.3 is 19.7 Å². The molecule has 5 fully saturated rings. The van der Waals surface area contributed by atoms with Gasteiger partial charge >= 0.3 is 0 Å². The van der Waals surface area contributed by atoms with Gasteiger partial charge in [0.15, 0.2) is 5.96 Å². The van der Waals surface area contributed by atoms with Crippen molar-refractivity contribution in [3.8, 4) is 0 Å². The fourth-order valence-electron chi connectivity index (χ4n) is 6.67. The van der Waals surface area contributed by atoms with Gasteiger partial charge in [0, 0.05) is 50.0 Å². The molecule has 2 aliphatic carbocycles. The van der Waals surface area contributed by atoms with Crippen LogP contribution in [0.1, 0.15) is 51.9 Å². The van der Waals surface area contributed by atoms with Crippen molar-refractivity contribution in [2.24, 2.45) is 22.2 Å². The Balaban J connectivity index is 1.26. The minimum atomic E-state index is 0.365. The summed E-state index contributed by atoms with van der Waals surface area (Å²) in [7, 11) is 1.95. The third-order valence-corrected chi connectivity index (χ3v) is 7.95. The molecule has 0 aromatic rings. The molecule has 0 aromatic heterocycles. The van der Waals surface area contributed by atoms with Crippen LogP contribution in [0.3, 0.4) is 0 Å². The summed E-state index contributed by atoms with van der Waals surface area (Å²) < 4.78 is 12.2. The molecular formula is C20H33N3O2. The number of rotatable bonds is 3. The van der Waals surface area contributed by atoms with Crippen LogP contribution in [-0.2, 0) is 9.47 Å². The molecule has 3 saturated heterocycles. The van der Waals surface area contributed by atoms with E-state index in [1.807, 2.05) is 7.05 Å². The molecule has 3 heterocycles. The number of hydrogen-bond donors (Lipinski definition) is 1. The van der Waals surface area contributed by atoms with E-state index < -0.39 is 0 Å². The van der Waals surface area contributed by atoms with Crippen molar-refractivity contribution in [1.82, 2.24) is 10.2 Å². The van der Waals surface area contributed by atoms with Crippen molar-refractivity contribution in [1.29, 1.82) is 0 Å². The highest BCUT2D eigenvalue weighted by Crippen LogP contribution is 2.55. The first-order valence-electron chi connectivity index (χ1n) is 10.5. The Bertz CT molecular complexity index is 527. The fourth-order valence-corrected chi connectivity index (χ4v) is 6.67. The Hall–Kier alpha value is -0.810. The Kier molecular flexibility index (Phi) is 4.01. The lowest BCUT2D eigenvalue weighted by Gasteiger charge is -2.54. The molecule has 0 radical (unpaired) electrons. The lowest BCUT2D eigenvalue weighted by atomic mass is 9.60. The third kappa shape index (κ3) is 2.38. The predicted octanol–water partition coefficient (Wildman–Crippen LogP) is 2.41. The van der Waals surface area contributed by atoms with Gasteiger partial charge in [-0.05, 0) is 39.0 Å². The van der Waals surface area contributed by atoms with Gasteiger partial charge in [0.1, 0.15) is 0 Å². The van der Waals surface area contributed by atoms with E-state index in [0.29, 0.717) is 29.8 Å². The van der Waals surface area contributed by atoms with E-state index in [1.54, 1.807) is 0 Å². The van der Waals surface area contributed by atoms with Gasteiger partial charge in [-0.15, -0.1) is 0 Å². The predicted molar refractivity (Wildman–Crippen MR) is 97.7 cm³/mol. The second-order valence-corrected chi connectivity index (χ2v) is 8.89. The molecule has 5 aliphatic rings. The molecule has 5 heteroatoms. The van der Waals surface area contributed by atoms with Crippen molar-refractivity contribution in [2.45, 2.75) is 76.2 Å². The number of hydrogen-bond acceptors (Lipinski definition) is 3. The topological polar surface area (TPSA) is 46.1 Å². The number of nitrogens with zero attached hydrogens (tertiary/aromatic N) is 2. The number of guanidine groups is 1. The number of aliphatic imine (C=N–C) groups is 1. The van der Waals surface area contributed by atoms with E-state index >= 15 is 0 Å². The normalized spacial score (nSPS) is 44.4. The van der Waals surface area contributed by atoms with Crippen molar-refractivity contribution in [3.05, 3.63) is 0 Å². The zero-order chi connectivity index (χ0) is 17.0. The van der Waals surface area contributed by atoms with Crippen LogP contribution in [0, 0.1) is 17.3 Å². The molecule has 3 aliphatic heterocycles. The molecule has 5 nitrogen and oxygen atoms in total. The zero-order valence-corrected chi connectivity index (χ0v) is 15.7. The van der Waals surface area contributed by atoms with Crippen molar-refractivity contribution >= 4 is 5.96 Å². The van der Waals surface area contributed by atoms with E-state index in [1.165, 1.54) is 38.5 Å². The molecular weight excluding hydrogens is 314 g/mol. The van der Waals surface area contributed by atoms with E-state index in [4.69, 9.17) is 9.47 Å². The molecule has 6 unspecified atom stereocenters. The van der Waals surface area contributed by atoms with Crippen LogP contribution in [0.2, 0.25) is 0 Å². The molecule has 6 atom stereocenters. The quantitative estimate of drug-likeness (QED) is 0.629. The highest BCUT2D eigenvalue weighted by Gasteiger charge is 2.58. The lowest BCUT2D eigenvalue weighted by Crippen LogP contribution is -2.65.